The number of nitrogens with zero attached hydrogens (tertiary/aromatic N) is 3. The zero-order valence-corrected chi connectivity index (χ0v) is 11.8. The number of aromatic nitrogens is 3. The zero-order chi connectivity index (χ0) is 13.9. The van der Waals surface area contributed by atoms with Crippen LogP contribution in [0.5, 0.6) is 0 Å². The van der Waals surface area contributed by atoms with Crippen molar-refractivity contribution < 1.29 is 0 Å². The summed E-state index contributed by atoms with van der Waals surface area (Å²) in [5, 5.41) is 7.05. The summed E-state index contributed by atoms with van der Waals surface area (Å²) >= 11 is 0. The summed E-state index contributed by atoms with van der Waals surface area (Å²) in [6, 6.07) is 10.5. The fraction of sp³-hybridized carbons (Fsp3) is 0.176. The Kier molecular flexibility index (Phi) is 2.16. The molecule has 0 bridgehead atoms. The highest BCUT2D eigenvalue weighted by Crippen LogP contribution is 2.30. The molecule has 4 rings (SSSR count). The van der Waals surface area contributed by atoms with Gasteiger partial charge < -0.3 is 0 Å². The van der Waals surface area contributed by atoms with Crippen LogP contribution in [0.2, 0.25) is 0 Å². The lowest BCUT2D eigenvalue weighted by Gasteiger charge is -2.04. The Balaban J connectivity index is 2.33. The van der Waals surface area contributed by atoms with E-state index in [4.69, 9.17) is 10.1 Å². The van der Waals surface area contributed by atoms with Crippen LogP contribution in [0.1, 0.15) is 16.8 Å². The highest BCUT2D eigenvalue weighted by molar-refractivity contribution is 6.10. The first-order valence-corrected chi connectivity index (χ1v) is 6.80. The molecule has 0 atom stereocenters. The number of rotatable bonds is 0. The molecular formula is C17H15N3. The highest BCUT2D eigenvalue weighted by atomic mass is 15.2. The van der Waals surface area contributed by atoms with Gasteiger partial charge in [-0.2, -0.15) is 5.10 Å². The maximum atomic E-state index is 4.80. The van der Waals surface area contributed by atoms with Crippen LogP contribution < -0.4 is 0 Å². The zero-order valence-electron chi connectivity index (χ0n) is 11.8. The fourth-order valence-corrected chi connectivity index (χ4v) is 2.92. The molecule has 0 spiro atoms. The number of pyridine rings is 2. The molecule has 0 amide bonds. The second kappa shape index (κ2) is 3.79. The van der Waals surface area contributed by atoms with E-state index >= 15 is 0 Å². The van der Waals surface area contributed by atoms with E-state index in [1.54, 1.807) is 0 Å². The van der Waals surface area contributed by atoms with Crippen molar-refractivity contribution in [1.29, 1.82) is 0 Å². The van der Waals surface area contributed by atoms with Crippen LogP contribution in [0.4, 0.5) is 0 Å². The van der Waals surface area contributed by atoms with Crippen molar-refractivity contribution >= 4 is 27.3 Å². The molecule has 0 aliphatic rings. The largest absolute Gasteiger partial charge is 0.252 e. The van der Waals surface area contributed by atoms with Crippen LogP contribution in [-0.2, 0) is 0 Å². The Bertz CT molecular complexity index is 980. The van der Waals surface area contributed by atoms with Crippen molar-refractivity contribution in [2.24, 2.45) is 0 Å². The SMILES string of the molecule is Cc1ccn2nc3c4cccc(C)c4nc(C)c3c2c1. The van der Waals surface area contributed by atoms with E-state index in [0.717, 1.165) is 33.0 Å². The van der Waals surface area contributed by atoms with Gasteiger partial charge in [0.1, 0.15) is 5.52 Å². The topological polar surface area (TPSA) is 30.2 Å². The Labute approximate surface area is 116 Å². The molecule has 1 aromatic carbocycles. The summed E-state index contributed by atoms with van der Waals surface area (Å²) < 4.78 is 1.95. The minimum Gasteiger partial charge on any atom is -0.252 e. The molecule has 3 heterocycles. The average Bonchev–Trinajstić information content (AvgIpc) is 2.79. The van der Waals surface area contributed by atoms with E-state index in [2.05, 4.69) is 51.1 Å². The summed E-state index contributed by atoms with van der Waals surface area (Å²) in [6.07, 6.45) is 2.02. The standard InChI is InChI=1S/C17H15N3/c1-10-7-8-20-14(9-10)15-12(3)18-16-11(2)5-4-6-13(16)17(15)19-20/h4-9H,1-3H3. The molecule has 0 aliphatic heterocycles. The van der Waals surface area contributed by atoms with Crippen LogP contribution in [0, 0.1) is 20.8 Å². The Hall–Kier alpha value is -2.42. The number of aryl methyl sites for hydroxylation is 3. The van der Waals surface area contributed by atoms with Gasteiger partial charge in [-0.25, -0.2) is 4.52 Å². The maximum absolute atomic E-state index is 4.80. The third-order valence-corrected chi connectivity index (χ3v) is 3.92. The van der Waals surface area contributed by atoms with Gasteiger partial charge in [-0.3, -0.25) is 4.98 Å². The minimum atomic E-state index is 1.04. The number of para-hydroxylation sites is 1. The normalized spacial score (nSPS) is 11.8. The monoisotopic (exact) mass is 261 g/mol. The average molecular weight is 261 g/mol. The molecule has 0 aliphatic carbocycles. The van der Waals surface area contributed by atoms with Gasteiger partial charge in [0.05, 0.1) is 11.0 Å². The molecule has 3 nitrogen and oxygen atoms in total. The third-order valence-electron chi connectivity index (χ3n) is 3.92. The molecule has 0 saturated heterocycles. The van der Waals surface area contributed by atoms with Crippen molar-refractivity contribution in [3.8, 4) is 0 Å². The van der Waals surface area contributed by atoms with Crippen molar-refractivity contribution in [2.45, 2.75) is 20.8 Å². The van der Waals surface area contributed by atoms with Gasteiger partial charge in [0.25, 0.3) is 0 Å². The first-order chi connectivity index (χ1) is 9.65. The van der Waals surface area contributed by atoms with E-state index in [-0.39, 0.29) is 0 Å². The summed E-state index contributed by atoms with van der Waals surface area (Å²) in [5.74, 6) is 0. The van der Waals surface area contributed by atoms with Gasteiger partial charge in [-0.1, -0.05) is 18.2 Å². The van der Waals surface area contributed by atoms with Crippen LogP contribution in [0.15, 0.2) is 36.5 Å². The lowest BCUT2D eigenvalue weighted by Crippen LogP contribution is -1.89. The molecule has 4 aromatic rings. The van der Waals surface area contributed by atoms with Gasteiger partial charge >= 0.3 is 0 Å². The number of hydrogen-bond donors (Lipinski definition) is 0. The second-order valence-electron chi connectivity index (χ2n) is 5.43. The lowest BCUT2D eigenvalue weighted by atomic mass is 10.1. The lowest BCUT2D eigenvalue weighted by molar-refractivity contribution is 0.979. The quantitative estimate of drug-likeness (QED) is 0.479. The number of fused-ring (bicyclic) bond motifs is 5. The Morgan fingerprint density at radius 2 is 1.85 bits per heavy atom. The van der Waals surface area contributed by atoms with E-state index < -0.39 is 0 Å². The number of hydrogen-bond acceptors (Lipinski definition) is 2. The van der Waals surface area contributed by atoms with E-state index in [1.165, 1.54) is 11.1 Å². The molecular weight excluding hydrogens is 246 g/mol. The Morgan fingerprint density at radius 1 is 1.00 bits per heavy atom. The molecule has 98 valence electrons. The highest BCUT2D eigenvalue weighted by Gasteiger charge is 2.13. The van der Waals surface area contributed by atoms with Gasteiger partial charge in [0.2, 0.25) is 0 Å². The predicted octanol–water partition coefficient (Wildman–Crippen LogP) is 3.96. The third kappa shape index (κ3) is 1.40. The van der Waals surface area contributed by atoms with E-state index in [0.29, 0.717) is 0 Å². The first kappa shape index (κ1) is 11.4. The second-order valence-corrected chi connectivity index (χ2v) is 5.43. The molecule has 3 aromatic heterocycles. The molecule has 3 heteroatoms. The van der Waals surface area contributed by atoms with Crippen LogP contribution in [0.25, 0.3) is 27.3 Å². The molecule has 0 N–H and O–H groups in total. The Morgan fingerprint density at radius 3 is 2.70 bits per heavy atom. The summed E-state index contributed by atoms with van der Waals surface area (Å²) in [7, 11) is 0. The molecule has 0 unspecified atom stereocenters. The van der Waals surface area contributed by atoms with E-state index in [9.17, 15) is 0 Å². The van der Waals surface area contributed by atoms with Gasteiger partial charge in [0, 0.05) is 22.7 Å². The maximum Gasteiger partial charge on any atom is 0.105 e. The minimum absolute atomic E-state index is 1.04. The predicted molar refractivity (Wildman–Crippen MR) is 82.2 cm³/mol. The van der Waals surface area contributed by atoms with Crippen molar-refractivity contribution in [1.82, 2.24) is 14.6 Å². The summed E-state index contributed by atoms with van der Waals surface area (Å²) in [4.78, 5) is 4.80. The first-order valence-electron chi connectivity index (χ1n) is 6.80. The molecule has 20 heavy (non-hydrogen) atoms. The van der Waals surface area contributed by atoms with Crippen molar-refractivity contribution in [3.05, 3.63) is 53.3 Å². The fourth-order valence-electron chi connectivity index (χ4n) is 2.92. The van der Waals surface area contributed by atoms with Crippen LogP contribution in [-0.4, -0.2) is 14.6 Å². The van der Waals surface area contributed by atoms with Crippen molar-refractivity contribution in [2.75, 3.05) is 0 Å². The molecule has 0 saturated carbocycles. The van der Waals surface area contributed by atoms with Crippen molar-refractivity contribution in [3.63, 3.8) is 0 Å². The van der Waals surface area contributed by atoms with Gasteiger partial charge in [-0.05, 0) is 44.0 Å². The smallest absolute Gasteiger partial charge is 0.105 e. The van der Waals surface area contributed by atoms with Crippen LogP contribution in [0.3, 0.4) is 0 Å². The summed E-state index contributed by atoms with van der Waals surface area (Å²) in [6.45, 7) is 6.27. The van der Waals surface area contributed by atoms with Crippen LogP contribution >= 0.6 is 0 Å². The number of benzene rings is 1. The van der Waals surface area contributed by atoms with Gasteiger partial charge in [-0.15, -0.1) is 0 Å². The summed E-state index contributed by atoms with van der Waals surface area (Å²) in [5.41, 5.74) is 6.71. The van der Waals surface area contributed by atoms with E-state index in [1.807, 2.05) is 10.7 Å². The van der Waals surface area contributed by atoms with Gasteiger partial charge in [0.15, 0.2) is 0 Å². The molecule has 0 radical (unpaired) electrons. The molecule has 0 fully saturated rings.